The molecule has 0 amide bonds. The molecule has 0 aliphatic carbocycles. The summed E-state index contributed by atoms with van der Waals surface area (Å²) < 4.78 is 30.7. The van der Waals surface area contributed by atoms with Crippen molar-refractivity contribution in [3.8, 4) is 5.75 Å². The number of rotatable bonds is 8. The number of benzene rings is 1. The smallest absolute Gasteiger partial charge is 0.307 e. The summed E-state index contributed by atoms with van der Waals surface area (Å²) in [6, 6.07) is 5.07. The minimum atomic E-state index is -2.85. The Morgan fingerprint density at radius 3 is 2.71 bits per heavy atom. The van der Waals surface area contributed by atoms with Crippen LogP contribution in [0.25, 0.3) is 0 Å². The first-order valence-corrected chi connectivity index (χ1v) is 7.38. The molecule has 0 radical (unpaired) electrons. The van der Waals surface area contributed by atoms with Crippen molar-refractivity contribution in [2.24, 2.45) is 5.92 Å². The second-order valence-corrected chi connectivity index (χ2v) is 5.92. The van der Waals surface area contributed by atoms with Crippen molar-refractivity contribution in [3.63, 3.8) is 0 Å². The Kier molecular flexibility index (Phi) is 6.26. The molecule has 1 aromatic carbocycles. The Morgan fingerprint density at radius 2 is 2.19 bits per heavy atom. The van der Waals surface area contributed by atoms with Gasteiger partial charge in [-0.2, -0.15) is 0 Å². The van der Waals surface area contributed by atoms with Gasteiger partial charge in [0.15, 0.2) is 0 Å². The van der Waals surface area contributed by atoms with Crippen LogP contribution in [0.15, 0.2) is 23.1 Å². The van der Waals surface area contributed by atoms with Crippen LogP contribution in [0.3, 0.4) is 0 Å². The van der Waals surface area contributed by atoms with E-state index in [-0.39, 0.29) is 12.2 Å². The number of hydrogen-bond acceptors (Lipinski definition) is 4. The summed E-state index contributed by atoms with van der Waals surface area (Å²) in [5, 5.41) is 9.10. The van der Waals surface area contributed by atoms with Crippen LogP contribution in [-0.4, -0.2) is 29.9 Å². The molecule has 21 heavy (non-hydrogen) atoms. The number of carboxylic acid groups (broad SMARTS) is 1. The summed E-state index contributed by atoms with van der Waals surface area (Å²) in [5.74, 6) is -3.98. The monoisotopic (exact) mass is 319 g/mol. The lowest BCUT2D eigenvalue weighted by Crippen LogP contribution is -2.20. The number of anilines is 1. The van der Waals surface area contributed by atoms with Crippen molar-refractivity contribution < 1.29 is 23.4 Å². The van der Waals surface area contributed by atoms with E-state index < -0.39 is 24.2 Å². The van der Waals surface area contributed by atoms with E-state index in [0.717, 1.165) is 6.92 Å². The molecule has 0 fully saturated rings. The summed E-state index contributed by atoms with van der Waals surface area (Å²) in [5.41, 5.74) is 6.31. The molecule has 118 valence electrons. The van der Waals surface area contributed by atoms with Crippen LogP contribution in [-0.2, 0) is 4.79 Å². The predicted molar refractivity (Wildman–Crippen MR) is 79.1 cm³/mol. The summed E-state index contributed by atoms with van der Waals surface area (Å²) in [6.45, 7) is 0.791. The lowest BCUT2D eigenvalue weighted by atomic mass is 10.0. The van der Waals surface area contributed by atoms with Crippen LogP contribution in [0.2, 0.25) is 0 Å². The summed E-state index contributed by atoms with van der Waals surface area (Å²) >= 11 is 1.23. The molecular weight excluding hydrogens is 300 g/mol. The second-order valence-electron chi connectivity index (χ2n) is 4.86. The van der Waals surface area contributed by atoms with Gasteiger partial charge in [0.05, 0.1) is 13.0 Å². The molecule has 1 rings (SSSR count). The zero-order valence-corrected chi connectivity index (χ0v) is 12.8. The fraction of sp³-hybridized carbons (Fsp3) is 0.500. The minimum Gasteiger partial charge on any atom is -0.497 e. The third-order valence-corrected chi connectivity index (χ3v) is 4.18. The van der Waals surface area contributed by atoms with Gasteiger partial charge < -0.3 is 15.6 Å². The quantitative estimate of drug-likeness (QED) is 0.567. The Balaban J connectivity index is 2.67. The highest BCUT2D eigenvalue weighted by atomic mass is 32.2. The fourth-order valence-electron chi connectivity index (χ4n) is 1.66. The molecule has 0 heterocycles. The third kappa shape index (κ3) is 6.20. The Morgan fingerprint density at radius 1 is 1.52 bits per heavy atom. The second kappa shape index (κ2) is 7.49. The lowest BCUT2D eigenvalue weighted by molar-refractivity contribution is -0.141. The SMILES string of the molecule is COc1ccc(N)c(SCC(CCC(C)(F)F)C(=O)O)c1. The van der Waals surface area contributed by atoms with Crippen molar-refractivity contribution in [2.75, 3.05) is 18.6 Å². The number of halogens is 2. The maximum absolute atomic E-state index is 12.8. The van der Waals surface area contributed by atoms with Gasteiger partial charge in [-0.3, -0.25) is 4.79 Å². The molecule has 1 unspecified atom stereocenters. The number of hydrogen-bond donors (Lipinski definition) is 2. The highest BCUT2D eigenvalue weighted by Gasteiger charge is 2.26. The molecular formula is C14H19F2NO3S. The molecule has 0 bridgehead atoms. The van der Waals surface area contributed by atoms with Crippen molar-refractivity contribution in [1.82, 2.24) is 0 Å². The van der Waals surface area contributed by atoms with Gasteiger partial charge in [0.25, 0.3) is 0 Å². The molecule has 0 saturated carbocycles. The van der Waals surface area contributed by atoms with E-state index >= 15 is 0 Å². The van der Waals surface area contributed by atoms with Crippen molar-refractivity contribution in [1.29, 1.82) is 0 Å². The highest BCUT2D eigenvalue weighted by molar-refractivity contribution is 7.99. The number of aliphatic carboxylic acids is 1. The van der Waals surface area contributed by atoms with Crippen LogP contribution in [0.1, 0.15) is 19.8 Å². The topological polar surface area (TPSA) is 72.5 Å². The van der Waals surface area contributed by atoms with Crippen LogP contribution in [0.5, 0.6) is 5.75 Å². The Hall–Kier alpha value is -1.50. The van der Waals surface area contributed by atoms with Gasteiger partial charge in [-0.05, 0) is 31.5 Å². The van der Waals surface area contributed by atoms with E-state index in [1.165, 1.54) is 18.9 Å². The molecule has 1 atom stereocenters. The third-order valence-electron chi connectivity index (χ3n) is 2.94. The standard InChI is InChI=1S/C14H19F2NO3S/c1-14(15,16)6-5-9(13(18)19)8-21-12-7-10(20-2)3-4-11(12)17/h3-4,7,9H,5-6,8,17H2,1-2H3,(H,18,19). The Labute approximate surface area is 126 Å². The number of nitrogen functional groups attached to an aromatic ring is 1. The van der Waals surface area contributed by atoms with Gasteiger partial charge in [0.2, 0.25) is 5.92 Å². The average Bonchev–Trinajstić information content (AvgIpc) is 2.38. The molecule has 3 N–H and O–H groups in total. The number of carbonyl (C=O) groups is 1. The van der Waals surface area contributed by atoms with Gasteiger partial charge >= 0.3 is 5.97 Å². The number of nitrogens with two attached hydrogens (primary N) is 1. The van der Waals surface area contributed by atoms with E-state index in [4.69, 9.17) is 15.6 Å². The zero-order chi connectivity index (χ0) is 16.0. The van der Waals surface area contributed by atoms with Crippen LogP contribution in [0.4, 0.5) is 14.5 Å². The number of alkyl halides is 2. The summed E-state index contributed by atoms with van der Waals surface area (Å²) in [6.07, 6.45) is -0.520. The van der Waals surface area contributed by atoms with E-state index in [0.29, 0.717) is 16.3 Å². The number of ether oxygens (including phenoxy) is 1. The van der Waals surface area contributed by atoms with Gasteiger partial charge in [0.1, 0.15) is 5.75 Å². The van der Waals surface area contributed by atoms with Crippen LogP contribution >= 0.6 is 11.8 Å². The molecule has 0 aliphatic rings. The maximum atomic E-state index is 12.8. The molecule has 0 spiro atoms. The number of methoxy groups -OCH3 is 1. The maximum Gasteiger partial charge on any atom is 0.307 e. The predicted octanol–water partition coefficient (Wildman–Crippen LogP) is 3.51. The normalized spacial score (nSPS) is 13.0. The summed E-state index contributed by atoms with van der Waals surface area (Å²) in [4.78, 5) is 11.8. The molecule has 0 saturated heterocycles. The van der Waals surface area contributed by atoms with Crippen molar-refractivity contribution in [3.05, 3.63) is 18.2 Å². The van der Waals surface area contributed by atoms with E-state index in [1.807, 2.05) is 0 Å². The first-order chi connectivity index (χ1) is 9.73. The minimum absolute atomic E-state index is 0.0737. The molecule has 4 nitrogen and oxygen atoms in total. The van der Waals surface area contributed by atoms with E-state index in [9.17, 15) is 13.6 Å². The molecule has 0 aromatic heterocycles. The van der Waals surface area contributed by atoms with Gasteiger partial charge in [0, 0.05) is 22.8 Å². The van der Waals surface area contributed by atoms with Crippen LogP contribution in [0, 0.1) is 5.92 Å². The highest BCUT2D eigenvalue weighted by Crippen LogP contribution is 2.32. The van der Waals surface area contributed by atoms with Crippen molar-refractivity contribution in [2.45, 2.75) is 30.6 Å². The average molecular weight is 319 g/mol. The lowest BCUT2D eigenvalue weighted by Gasteiger charge is -2.16. The van der Waals surface area contributed by atoms with E-state index in [1.54, 1.807) is 18.2 Å². The largest absolute Gasteiger partial charge is 0.497 e. The van der Waals surface area contributed by atoms with E-state index in [2.05, 4.69) is 0 Å². The van der Waals surface area contributed by atoms with Crippen molar-refractivity contribution >= 4 is 23.4 Å². The van der Waals surface area contributed by atoms with Gasteiger partial charge in [-0.15, -0.1) is 11.8 Å². The first-order valence-electron chi connectivity index (χ1n) is 6.40. The molecule has 0 aliphatic heterocycles. The van der Waals surface area contributed by atoms with Gasteiger partial charge in [-0.25, -0.2) is 8.78 Å². The zero-order valence-electron chi connectivity index (χ0n) is 11.9. The fourth-order valence-corrected chi connectivity index (χ4v) is 2.79. The molecule has 7 heteroatoms. The van der Waals surface area contributed by atoms with Crippen LogP contribution < -0.4 is 10.5 Å². The number of carboxylic acids is 1. The number of thioether (sulfide) groups is 1. The van der Waals surface area contributed by atoms with Gasteiger partial charge in [-0.1, -0.05) is 0 Å². The Bertz CT molecular complexity index is 492. The first kappa shape index (κ1) is 17.6. The molecule has 1 aromatic rings. The summed E-state index contributed by atoms with van der Waals surface area (Å²) in [7, 11) is 1.52.